The van der Waals surface area contributed by atoms with Crippen LogP contribution in [0.5, 0.6) is 11.5 Å². The maximum absolute atomic E-state index is 13.2. The number of carbonyl (C=O) groups excluding carboxylic acids is 1. The van der Waals surface area contributed by atoms with Crippen molar-refractivity contribution in [1.29, 1.82) is 0 Å². The molecule has 3 aromatic rings. The van der Waals surface area contributed by atoms with E-state index in [0.29, 0.717) is 30.2 Å². The van der Waals surface area contributed by atoms with Crippen molar-refractivity contribution in [2.75, 3.05) is 24.3 Å². The molecule has 1 amide bonds. The van der Waals surface area contributed by atoms with E-state index in [0.717, 1.165) is 35.3 Å². The van der Waals surface area contributed by atoms with Crippen LogP contribution in [-0.4, -0.2) is 29.3 Å². The van der Waals surface area contributed by atoms with Gasteiger partial charge in [-0.15, -0.1) is 0 Å². The first-order valence-corrected chi connectivity index (χ1v) is 9.54. The summed E-state index contributed by atoms with van der Waals surface area (Å²) in [5.41, 5.74) is 10.3. The van der Waals surface area contributed by atoms with Crippen molar-refractivity contribution < 1.29 is 14.3 Å². The minimum absolute atomic E-state index is 0.0753. The molecule has 0 aliphatic carbocycles. The first-order valence-electron chi connectivity index (χ1n) is 9.54. The quantitative estimate of drug-likeness (QED) is 0.675. The SMILES string of the molecule is COc1cc(C(=O)N2CCCc3c(N)cccc32)ccc1OCc1cnn(C)c1. The number of nitrogens with zero attached hydrogens (tertiary/aromatic N) is 3. The van der Waals surface area contributed by atoms with Gasteiger partial charge >= 0.3 is 0 Å². The number of hydrogen-bond acceptors (Lipinski definition) is 5. The van der Waals surface area contributed by atoms with Crippen molar-refractivity contribution in [1.82, 2.24) is 9.78 Å². The molecule has 1 aliphatic rings. The fourth-order valence-corrected chi connectivity index (χ4v) is 3.65. The van der Waals surface area contributed by atoms with E-state index < -0.39 is 0 Å². The van der Waals surface area contributed by atoms with Crippen LogP contribution >= 0.6 is 0 Å². The van der Waals surface area contributed by atoms with Gasteiger partial charge in [0.15, 0.2) is 11.5 Å². The van der Waals surface area contributed by atoms with Gasteiger partial charge in [0.05, 0.1) is 13.3 Å². The third-order valence-electron chi connectivity index (χ3n) is 5.10. The molecule has 2 aromatic carbocycles. The second-order valence-corrected chi connectivity index (χ2v) is 7.08. The van der Waals surface area contributed by atoms with Crippen LogP contribution in [-0.2, 0) is 20.1 Å². The van der Waals surface area contributed by atoms with Crippen molar-refractivity contribution in [2.45, 2.75) is 19.4 Å². The fraction of sp³-hybridized carbons (Fsp3) is 0.273. The monoisotopic (exact) mass is 392 g/mol. The standard InChI is InChI=1S/C22H24N4O3/c1-25-13-15(12-24-25)14-29-20-9-8-16(11-21(20)28-2)22(27)26-10-4-5-17-18(23)6-3-7-19(17)26/h3,6-9,11-13H,4-5,10,14,23H2,1-2H3. The van der Waals surface area contributed by atoms with Crippen LogP contribution < -0.4 is 20.1 Å². The maximum atomic E-state index is 13.2. The van der Waals surface area contributed by atoms with Gasteiger partial charge < -0.3 is 20.1 Å². The number of amides is 1. The van der Waals surface area contributed by atoms with E-state index in [-0.39, 0.29) is 5.91 Å². The Kier molecular flexibility index (Phi) is 5.12. The molecular formula is C22H24N4O3. The molecular weight excluding hydrogens is 368 g/mol. The summed E-state index contributed by atoms with van der Waals surface area (Å²) in [5.74, 6) is 1.02. The van der Waals surface area contributed by atoms with E-state index in [2.05, 4.69) is 5.10 Å². The second-order valence-electron chi connectivity index (χ2n) is 7.08. The summed E-state index contributed by atoms with van der Waals surface area (Å²) in [4.78, 5) is 15.0. The topological polar surface area (TPSA) is 82.6 Å². The number of aromatic nitrogens is 2. The van der Waals surface area contributed by atoms with Gasteiger partial charge in [0.1, 0.15) is 6.61 Å². The highest BCUT2D eigenvalue weighted by Gasteiger charge is 2.25. The molecule has 0 fully saturated rings. The Morgan fingerprint density at radius 1 is 1.24 bits per heavy atom. The summed E-state index contributed by atoms with van der Waals surface area (Å²) in [7, 11) is 3.42. The average molecular weight is 392 g/mol. The molecule has 1 aliphatic heterocycles. The molecule has 1 aromatic heterocycles. The van der Waals surface area contributed by atoms with Crippen molar-refractivity contribution in [2.24, 2.45) is 7.05 Å². The zero-order valence-corrected chi connectivity index (χ0v) is 16.6. The molecule has 29 heavy (non-hydrogen) atoms. The van der Waals surface area contributed by atoms with Crippen LogP contribution in [0.25, 0.3) is 0 Å². The van der Waals surface area contributed by atoms with E-state index >= 15 is 0 Å². The number of anilines is 2. The number of benzene rings is 2. The average Bonchev–Trinajstić information content (AvgIpc) is 3.16. The lowest BCUT2D eigenvalue weighted by molar-refractivity contribution is 0.0984. The number of nitrogen functional groups attached to an aromatic ring is 1. The number of hydrogen-bond donors (Lipinski definition) is 1. The number of methoxy groups -OCH3 is 1. The van der Waals surface area contributed by atoms with Gasteiger partial charge in [0, 0.05) is 42.3 Å². The molecule has 2 N–H and O–H groups in total. The van der Waals surface area contributed by atoms with Crippen LogP contribution in [0, 0.1) is 0 Å². The molecule has 4 rings (SSSR count). The highest BCUT2D eigenvalue weighted by Crippen LogP contribution is 2.34. The van der Waals surface area contributed by atoms with Gasteiger partial charge in [-0.25, -0.2) is 0 Å². The van der Waals surface area contributed by atoms with Crippen LogP contribution in [0.4, 0.5) is 11.4 Å². The lowest BCUT2D eigenvalue weighted by Gasteiger charge is -2.30. The lowest BCUT2D eigenvalue weighted by Crippen LogP contribution is -2.35. The minimum atomic E-state index is -0.0753. The van der Waals surface area contributed by atoms with Crippen molar-refractivity contribution >= 4 is 17.3 Å². The number of rotatable bonds is 5. The lowest BCUT2D eigenvalue weighted by atomic mass is 9.99. The summed E-state index contributed by atoms with van der Waals surface area (Å²) in [6.45, 7) is 1.03. The van der Waals surface area contributed by atoms with Crippen LogP contribution in [0.15, 0.2) is 48.8 Å². The Balaban J connectivity index is 1.56. The normalized spacial score (nSPS) is 13.1. The van der Waals surface area contributed by atoms with E-state index in [1.807, 2.05) is 31.4 Å². The van der Waals surface area contributed by atoms with E-state index in [9.17, 15) is 4.79 Å². The molecule has 0 bridgehead atoms. The largest absolute Gasteiger partial charge is 0.493 e. The summed E-state index contributed by atoms with van der Waals surface area (Å²) in [6.07, 6.45) is 5.42. The van der Waals surface area contributed by atoms with Crippen molar-refractivity contribution in [3.8, 4) is 11.5 Å². The number of nitrogens with two attached hydrogens (primary N) is 1. The van der Waals surface area contributed by atoms with Gasteiger partial charge in [-0.2, -0.15) is 5.10 Å². The van der Waals surface area contributed by atoms with Gasteiger partial charge in [-0.3, -0.25) is 9.48 Å². The maximum Gasteiger partial charge on any atom is 0.258 e. The zero-order valence-electron chi connectivity index (χ0n) is 16.6. The first-order chi connectivity index (χ1) is 14.1. The summed E-state index contributed by atoms with van der Waals surface area (Å²) < 4.78 is 13.1. The molecule has 7 nitrogen and oxygen atoms in total. The highest BCUT2D eigenvalue weighted by molar-refractivity contribution is 6.07. The molecule has 0 saturated carbocycles. The first kappa shape index (κ1) is 18.9. The molecule has 7 heteroatoms. The van der Waals surface area contributed by atoms with Gasteiger partial charge in [-0.05, 0) is 48.7 Å². The summed E-state index contributed by atoms with van der Waals surface area (Å²) >= 11 is 0. The summed E-state index contributed by atoms with van der Waals surface area (Å²) in [6, 6.07) is 11.0. The Bertz CT molecular complexity index is 1040. The number of aryl methyl sites for hydroxylation is 1. The number of carbonyl (C=O) groups is 1. The fourth-order valence-electron chi connectivity index (χ4n) is 3.65. The van der Waals surface area contributed by atoms with Gasteiger partial charge in [-0.1, -0.05) is 6.07 Å². The Morgan fingerprint density at radius 2 is 2.10 bits per heavy atom. The number of fused-ring (bicyclic) bond motifs is 1. The third-order valence-corrected chi connectivity index (χ3v) is 5.10. The predicted molar refractivity (Wildman–Crippen MR) is 111 cm³/mol. The van der Waals surface area contributed by atoms with E-state index in [1.54, 1.807) is 41.1 Å². The van der Waals surface area contributed by atoms with Crippen LogP contribution in [0.2, 0.25) is 0 Å². The van der Waals surface area contributed by atoms with Gasteiger partial charge in [0.25, 0.3) is 5.91 Å². The van der Waals surface area contributed by atoms with Crippen LogP contribution in [0.1, 0.15) is 27.9 Å². The molecule has 0 atom stereocenters. The molecule has 0 radical (unpaired) electrons. The van der Waals surface area contributed by atoms with Gasteiger partial charge in [0.2, 0.25) is 0 Å². The van der Waals surface area contributed by atoms with Crippen molar-refractivity contribution in [3.05, 3.63) is 65.5 Å². The summed E-state index contributed by atoms with van der Waals surface area (Å²) in [5, 5.41) is 4.13. The smallest absolute Gasteiger partial charge is 0.258 e. The van der Waals surface area contributed by atoms with E-state index in [1.165, 1.54) is 0 Å². The Hall–Kier alpha value is -3.48. The second kappa shape index (κ2) is 7.87. The Morgan fingerprint density at radius 3 is 2.86 bits per heavy atom. The number of ether oxygens (including phenoxy) is 2. The molecule has 0 spiro atoms. The highest BCUT2D eigenvalue weighted by atomic mass is 16.5. The third kappa shape index (κ3) is 3.76. The van der Waals surface area contributed by atoms with Crippen LogP contribution in [0.3, 0.4) is 0 Å². The Labute approximate surface area is 169 Å². The van der Waals surface area contributed by atoms with E-state index in [4.69, 9.17) is 15.2 Å². The molecule has 2 heterocycles. The molecule has 150 valence electrons. The van der Waals surface area contributed by atoms with Crippen molar-refractivity contribution in [3.63, 3.8) is 0 Å². The molecule has 0 saturated heterocycles. The zero-order chi connectivity index (χ0) is 20.4. The predicted octanol–water partition coefficient (Wildman–Crippen LogP) is 3.18. The minimum Gasteiger partial charge on any atom is -0.493 e. The molecule has 0 unspecified atom stereocenters.